The number of likely N-dealkylation sites (tertiary alicyclic amines) is 1. The Balaban J connectivity index is 1.26. The SMILES string of the molecule is O=C(C1NNC2CCCC21)N1CCC(n2nnc3cccnc32)CC1. The highest BCUT2D eigenvalue weighted by molar-refractivity contribution is 5.82. The second-order valence-electron chi connectivity index (χ2n) is 7.40. The highest BCUT2D eigenvalue weighted by Gasteiger charge is 2.44. The Morgan fingerprint density at radius 3 is 2.92 bits per heavy atom. The van der Waals surface area contributed by atoms with Gasteiger partial charge in [0.2, 0.25) is 5.91 Å². The minimum absolute atomic E-state index is 0.0575. The van der Waals surface area contributed by atoms with Crippen LogP contribution < -0.4 is 10.9 Å². The number of aromatic nitrogens is 4. The number of carbonyl (C=O) groups is 1. The molecule has 8 nitrogen and oxygen atoms in total. The van der Waals surface area contributed by atoms with E-state index in [2.05, 4.69) is 26.1 Å². The van der Waals surface area contributed by atoms with Crippen LogP contribution >= 0.6 is 0 Å². The molecule has 5 rings (SSSR count). The molecule has 0 radical (unpaired) electrons. The summed E-state index contributed by atoms with van der Waals surface area (Å²) >= 11 is 0. The third kappa shape index (κ3) is 2.51. The Kier molecular flexibility index (Phi) is 3.67. The average molecular weight is 341 g/mol. The molecule has 2 aromatic heterocycles. The van der Waals surface area contributed by atoms with Crippen LogP contribution in [0.4, 0.5) is 0 Å². The maximum atomic E-state index is 12.9. The third-order valence-electron chi connectivity index (χ3n) is 6.04. The summed E-state index contributed by atoms with van der Waals surface area (Å²) in [5.41, 5.74) is 8.22. The van der Waals surface area contributed by atoms with Gasteiger partial charge in [-0.1, -0.05) is 11.6 Å². The zero-order valence-electron chi connectivity index (χ0n) is 14.1. The van der Waals surface area contributed by atoms with Crippen molar-refractivity contribution >= 4 is 17.1 Å². The van der Waals surface area contributed by atoms with Gasteiger partial charge in [0, 0.05) is 31.2 Å². The molecule has 1 amide bonds. The predicted octanol–water partition coefficient (Wildman–Crippen LogP) is 0.635. The molecule has 3 unspecified atom stereocenters. The minimum atomic E-state index is -0.0575. The Bertz CT molecular complexity index is 782. The van der Waals surface area contributed by atoms with Gasteiger partial charge in [-0.05, 0) is 37.8 Å². The molecule has 2 N–H and O–H groups in total. The van der Waals surface area contributed by atoms with Crippen molar-refractivity contribution in [2.45, 2.75) is 50.2 Å². The van der Waals surface area contributed by atoms with Crippen molar-refractivity contribution in [3.63, 3.8) is 0 Å². The molecular weight excluding hydrogens is 318 g/mol. The van der Waals surface area contributed by atoms with Crippen molar-refractivity contribution in [2.24, 2.45) is 5.92 Å². The van der Waals surface area contributed by atoms with Crippen LogP contribution in [-0.4, -0.2) is 56.0 Å². The number of hydrazine groups is 1. The number of rotatable bonds is 2. The van der Waals surface area contributed by atoms with Crippen LogP contribution in [0.5, 0.6) is 0 Å². The zero-order chi connectivity index (χ0) is 16.8. The van der Waals surface area contributed by atoms with E-state index in [1.54, 1.807) is 6.20 Å². The van der Waals surface area contributed by atoms with Crippen LogP contribution in [0.3, 0.4) is 0 Å². The lowest BCUT2D eigenvalue weighted by Gasteiger charge is -2.34. The molecule has 132 valence electrons. The maximum absolute atomic E-state index is 12.9. The van der Waals surface area contributed by atoms with Gasteiger partial charge in [-0.3, -0.25) is 10.2 Å². The highest BCUT2D eigenvalue weighted by Crippen LogP contribution is 2.33. The number of pyridine rings is 1. The number of fused-ring (bicyclic) bond motifs is 2. The van der Waals surface area contributed by atoms with E-state index in [-0.39, 0.29) is 18.0 Å². The van der Waals surface area contributed by atoms with Gasteiger partial charge in [0.1, 0.15) is 11.6 Å². The molecule has 2 saturated heterocycles. The predicted molar refractivity (Wildman–Crippen MR) is 91.4 cm³/mol. The lowest BCUT2D eigenvalue weighted by Crippen LogP contribution is -2.50. The lowest BCUT2D eigenvalue weighted by molar-refractivity contribution is -0.135. The van der Waals surface area contributed by atoms with Crippen LogP contribution in [0.2, 0.25) is 0 Å². The van der Waals surface area contributed by atoms with Crippen LogP contribution in [-0.2, 0) is 4.79 Å². The molecule has 25 heavy (non-hydrogen) atoms. The molecule has 3 fully saturated rings. The standard InChI is InChI=1S/C17H23N7O/c25-17(15-12-3-1-4-13(12)19-21-15)23-9-6-11(7-10-23)24-16-14(20-22-24)5-2-8-18-16/h2,5,8,11-13,15,19,21H,1,3-4,6-7,9-10H2. The van der Waals surface area contributed by atoms with E-state index in [0.717, 1.165) is 43.5 Å². The molecule has 1 saturated carbocycles. The van der Waals surface area contributed by atoms with Crippen molar-refractivity contribution in [3.8, 4) is 0 Å². The first-order valence-corrected chi connectivity index (χ1v) is 9.27. The Labute approximate surface area is 145 Å². The van der Waals surface area contributed by atoms with E-state index in [1.165, 1.54) is 12.8 Å². The van der Waals surface area contributed by atoms with Gasteiger partial charge in [0.05, 0.1) is 6.04 Å². The van der Waals surface area contributed by atoms with Gasteiger partial charge in [-0.25, -0.2) is 15.1 Å². The maximum Gasteiger partial charge on any atom is 0.241 e. The molecule has 0 spiro atoms. The second kappa shape index (κ2) is 6.03. The average Bonchev–Trinajstić information content (AvgIpc) is 3.36. The zero-order valence-corrected chi connectivity index (χ0v) is 14.1. The third-order valence-corrected chi connectivity index (χ3v) is 6.04. The van der Waals surface area contributed by atoms with Crippen molar-refractivity contribution in [1.29, 1.82) is 0 Å². The number of carbonyl (C=O) groups excluding carboxylic acids is 1. The van der Waals surface area contributed by atoms with Crippen LogP contribution in [0, 0.1) is 5.92 Å². The quantitative estimate of drug-likeness (QED) is 0.833. The van der Waals surface area contributed by atoms with Gasteiger partial charge in [0.25, 0.3) is 0 Å². The summed E-state index contributed by atoms with van der Waals surface area (Å²) < 4.78 is 1.93. The molecule has 3 atom stereocenters. The van der Waals surface area contributed by atoms with Crippen LogP contribution in [0.1, 0.15) is 38.1 Å². The van der Waals surface area contributed by atoms with Crippen molar-refractivity contribution in [1.82, 2.24) is 35.7 Å². The van der Waals surface area contributed by atoms with E-state index in [1.807, 2.05) is 21.7 Å². The van der Waals surface area contributed by atoms with E-state index in [0.29, 0.717) is 12.0 Å². The van der Waals surface area contributed by atoms with Crippen LogP contribution in [0.25, 0.3) is 11.2 Å². The number of piperidine rings is 1. The van der Waals surface area contributed by atoms with E-state index in [4.69, 9.17) is 0 Å². The molecule has 1 aliphatic carbocycles. The molecule has 0 bridgehead atoms. The summed E-state index contributed by atoms with van der Waals surface area (Å²) in [6.45, 7) is 1.54. The monoisotopic (exact) mass is 341 g/mol. The summed E-state index contributed by atoms with van der Waals surface area (Å²) in [5.74, 6) is 0.704. The first-order chi connectivity index (χ1) is 12.3. The minimum Gasteiger partial charge on any atom is -0.341 e. The summed E-state index contributed by atoms with van der Waals surface area (Å²) in [6.07, 6.45) is 7.12. The summed E-state index contributed by atoms with van der Waals surface area (Å²) in [5, 5.41) is 8.49. The summed E-state index contributed by atoms with van der Waals surface area (Å²) in [6, 6.07) is 4.48. The fourth-order valence-electron chi connectivity index (χ4n) is 4.67. The molecule has 4 heterocycles. The van der Waals surface area contributed by atoms with Gasteiger partial charge in [-0.15, -0.1) is 5.10 Å². The van der Waals surface area contributed by atoms with Gasteiger partial charge >= 0.3 is 0 Å². The van der Waals surface area contributed by atoms with Crippen molar-refractivity contribution in [3.05, 3.63) is 18.3 Å². The fourth-order valence-corrected chi connectivity index (χ4v) is 4.67. The number of nitrogens with zero attached hydrogens (tertiary/aromatic N) is 5. The highest BCUT2D eigenvalue weighted by atomic mass is 16.2. The van der Waals surface area contributed by atoms with Gasteiger partial charge < -0.3 is 4.90 Å². The molecule has 0 aromatic carbocycles. The normalized spacial score (nSPS) is 30.1. The Morgan fingerprint density at radius 1 is 1.16 bits per heavy atom. The fraction of sp³-hybridized carbons (Fsp3) is 0.647. The van der Waals surface area contributed by atoms with Crippen molar-refractivity contribution < 1.29 is 4.79 Å². The topological polar surface area (TPSA) is 88.0 Å². The summed E-state index contributed by atoms with van der Waals surface area (Å²) in [7, 11) is 0. The van der Waals surface area contributed by atoms with Gasteiger partial charge in [0.15, 0.2) is 5.65 Å². The Hall–Kier alpha value is -2.06. The Morgan fingerprint density at radius 2 is 2.04 bits per heavy atom. The molecule has 2 aromatic rings. The number of nitrogens with one attached hydrogen (secondary N) is 2. The molecule has 8 heteroatoms. The van der Waals surface area contributed by atoms with E-state index < -0.39 is 0 Å². The first-order valence-electron chi connectivity index (χ1n) is 9.27. The lowest BCUT2D eigenvalue weighted by atomic mass is 9.95. The van der Waals surface area contributed by atoms with E-state index in [9.17, 15) is 4.79 Å². The number of hydrogen-bond donors (Lipinski definition) is 2. The molecule has 2 aliphatic heterocycles. The van der Waals surface area contributed by atoms with E-state index >= 15 is 0 Å². The molecule has 3 aliphatic rings. The molecular formula is C17H23N7O. The van der Waals surface area contributed by atoms with Gasteiger partial charge in [-0.2, -0.15) is 0 Å². The number of hydrogen-bond acceptors (Lipinski definition) is 6. The van der Waals surface area contributed by atoms with Crippen molar-refractivity contribution in [2.75, 3.05) is 13.1 Å². The second-order valence-corrected chi connectivity index (χ2v) is 7.40. The largest absolute Gasteiger partial charge is 0.341 e. The smallest absolute Gasteiger partial charge is 0.241 e. The number of amides is 1. The first kappa shape index (κ1) is 15.2. The summed E-state index contributed by atoms with van der Waals surface area (Å²) in [4.78, 5) is 19.4. The van der Waals surface area contributed by atoms with Crippen LogP contribution in [0.15, 0.2) is 18.3 Å².